The Hall–Kier alpha value is -1.51. The van der Waals surface area contributed by atoms with Crippen molar-refractivity contribution in [1.29, 1.82) is 0 Å². The second-order valence-corrected chi connectivity index (χ2v) is 5.61. The van der Waals surface area contributed by atoms with Crippen LogP contribution < -0.4 is 4.74 Å². The molecule has 1 N–H and O–H groups in total. The smallest absolute Gasteiger partial charge is 0.311 e. The zero-order valence-electron chi connectivity index (χ0n) is 11.8. The maximum atomic E-state index is 11.5. The van der Waals surface area contributed by atoms with Crippen LogP contribution in [-0.2, 0) is 10.2 Å². The van der Waals surface area contributed by atoms with Gasteiger partial charge in [0.2, 0.25) is 0 Å². The van der Waals surface area contributed by atoms with E-state index in [1.54, 1.807) is 12.1 Å². The van der Waals surface area contributed by atoms with Crippen LogP contribution in [0.5, 0.6) is 11.5 Å². The highest BCUT2D eigenvalue weighted by molar-refractivity contribution is 5.73. The van der Waals surface area contributed by atoms with Gasteiger partial charge in [-0.05, 0) is 36.5 Å². The predicted molar refractivity (Wildman–Crippen MR) is 72.1 cm³/mol. The van der Waals surface area contributed by atoms with Gasteiger partial charge in [-0.15, -0.1) is 0 Å². The van der Waals surface area contributed by atoms with Gasteiger partial charge in [-0.2, -0.15) is 0 Å². The number of carbonyl (C=O) groups excluding carboxylic acids is 1. The van der Waals surface area contributed by atoms with Gasteiger partial charge in [0, 0.05) is 12.0 Å². The van der Waals surface area contributed by atoms with Gasteiger partial charge >= 0.3 is 5.97 Å². The van der Waals surface area contributed by atoms with E-state index in [0.717, 1.165) is 17.5 Å². The number of benzene rings is 1. The molecule has 18 heavy (non-hydrogen) atoms. The molecule has 1 aromatic carbocycles. The minimum Gasteiger partial charge on any atom is -0.508 e. The van der Waals surface area contributed by atoms with Crippen LogP contribution in [0.25, 0.3) is 0 Å². The van der Waals surface area contributed by atoms with Gasteiger partial charge < -0.3 is 9.84 Å². The average molecular weight is 250 g/mol. The summed E-state index contributed by atoms with van der Waals surface area (Å²) in [5, 5.41) is 9.95. The van der Waals surface area contributed by atoms with E-state index in [4.69, 9.17) is 4.74 Å². The van der Waals surface area contributed by atoms with Crippen molar-refractivity contribution in [1.82, 2.24) is 0 Å². The van der Waals surface area contributed by atoms with Crippen molar-refractivity contribution in [3.63, 3.8) is 0 Å². The Balaban J connectivity index is 3.10. The first-order valence-corrected chi connectivity index (χ1v) is 6.30. The fourth-order valence-corrected chi connectivity index (χ4v) is 1.76. The SMILES string of the molecule is CCCC(=O)Oc1cc(C(C)(C)C)c(O)cc1C. The first-order chi connectivity index (χ1) is 8.25. The molecule has 0 fully saturated rings. The van der Waals surface area contributed by atoms with Crippen LogP contribution >= 0.6 is 0 Å². The summed E-state index contributed by atoms with van der Waals surface area (Å²) >= 11 is 0. The molecule has 0 saturated heterocycles. The standard InChI is InChI=1S/C15H22O3/c1-6-7-14(17)18-13-9-11(15(3,4)5)12(16)8-10(13)2/h8-9,16H,6-7H2,1-5H3. The molecule has 0 spiro atoms. The van der Waals surface area contributed by atoms with Gasteiger partial charge in [0.15, 0.2) is 0 Å². The van der Waals surface area contributed by atoms with Gasteiger partial charge in [-0.25, -0.2) is 0 Å². The van der Waals surface area contributed by atoms with Crippen molar-refractivity contribution in [3.8, 4) is 11.5 Å². The molecule has 0 bridgehead atoms. The predicted octanol–water partition coefficient (Wildman–Crippen LogP) is 3.70. The van der Waals surface area contributed by atoms with Crippen LogP contribution in [0.2, 0.25) is 0 Å². The largest absolute Gasteiger partial charge is 0.508 e. The normalized spacial score (nSPS) is 11.4. The third-order valence-corrected chi connectivity index (χ3v) is 2.78. The van der Waals surface area contributed by atoms with Crippen LogP contribution in [0.1, 0.15) is 51.7 Å². The highest BCUT2D eigenvalue weighted by Crippen LogP contribution is 2.35. The average Bonchev–Trinajstić information content (AvgIpc) is 2.20. The minimum absolute atomic E-state index is 0.191. The number of carbonyl (C=O) groups is 1. The Kier molecular flexibility index (Phi) is 4.38. The first-order valence-electron chi connectivity index (χ1n) is 6.30. The summed E-state index contributed by atoms with van der Waals surface area (Å²) in [6.45, 7) is 9.78. The lowest BCUT2D eigenvalue weighted by Crippen LogP contribution is -2.13. The maximum Gasteiger partial charge on any atom is 0.311 e. The fourth-order valence-electron chi connectivity index (χ4n) is 1.76. The zero-order valence-corrected chi connectivity index (χ0v) is 11.8. The molecular weight excluding hydrogens is 228 g/mol. The molecule has 0 aliphatic carbocycles. The summed E-state index contributed by atoms with van der Waals surface area (Å²) in [4.78, 5) is 11.5. The number of aryl methyl sites for hydroxylation is 1. The van der Waals surface area contributed by atoms with Crippen molar-refractivity contribution < 1.29 is 14.6 Å². The maximum absolute atomic E-state index is 11.5. The molecule has 0 unspecified atom stereocenters. The molecule has 3 heteroatoms. The van der Waals surface area contributed by atoms with E-state index < -0.39 is 0 Å². The number of ether oxygens (including phenoxy) is 1. The Morgan fingerprint density at radius 2 is 1.94 bits per heavy atom. The summed E-state index contributed by atoms with van der Waals surface area (Å²) in [7, 11) is 0. The monoisotopic (exact) mass is 250 g/mol. The van der Waals surface area contributed by atoms with Crippen molar-refractivity contribution in [2.45, 2.75) is 52.9 Å². The van der Waals surface area contributed by atoms with E-state index in [0.29, 0.717) is 12.2 Å². The highest BCUT2D eigenvalue weighted by atomic mass is 16.5. The van der Waals surface area contributed by atoms with Gasteiger partial charge in [0.05, 0.1) is 0 Å². The Morgan fingerprint density at radius 3 is 2.44 bits per heavy atom. The molecule has 3 nitrogen and oxygen atoms in total. The number of phenols is 1. The highest BCUT2D eigenvalue weighted by Gasteiger charge is 2.20. The lowest BCUT2D eigenvalue weighted by atomic mass is 9.85. The van der Waals surface area contributed by atoms with Crippen molar-refractivity contribution in [2.75, 3.05) is 0 Å². The molecule has 0 saturated carbocycles. The topological polar surface area (TPSA) is 46.5 Å². The number of rotatable bonds is 3. The van der Waals surface area contributed by atoms with Gasteiger partial charge in [-0.3, -0.25) is 4.79 Å². The second-order valence-electron chi connectivity index (χ2n) is 5.61. The van der Waals surface area contributed by atoms with E-state index >= 15 is 0 Å². The first kappa shape index (κ1) is 14.6. The van der Waals surface area contributed by atoms with Gasteiger partial charge in [0.25, 0.3) is 0 Å². The molecule has 1 aromatic rings. The molecule has 0 heterocycles. The Morgan fingerprint density at radius 1 is 1.33 bits per heavy atom. The van der Waals surface area contributed by atoms with Crippen molar-refractivity contribution in [2.24, 2.45) is 0 Å². The molecule has 0 atom stereocenters. The van der Waals surface area contributed by atoms with Crippen LogP contribution in [-0.4, -0.2) is 11.1 Å². The molecule has 0 amide bonds. The molecular formula is C15H22O3. The second kappa shape index (κ2) is 5.42. The van der Waals surface area contributed by atoms with E-state index in [1.165, 1.54) is 0 Å². The zero-order chi connectivity index (χ0) is 13.9. The van der Waals surface area contributed by atoms with Crippen LogP contribution in [0.4, 0.5) is 0 Å². The van der Waals surface area contributed by atoms with Gasteiger partial charge in [-0.1, -0.05) is 27.7 Å². The number of hydrogen-bond acceptors (Lipinski definition) is 3. The summed E-state index contributed by atoms with van der Waals surface area (Å²) in [6.07, 6.45) is 1.17. The van der Waals surface area contributed by atoms with Crippen molar-refractivity contribution in [3.05, 3.63) is 23.3 Å². The lowest BCUT2D eigenvalue weighted by molar-refractivity contribution is -0.134. The summed E-state index contributed by atoms with van der Waals surface area (Å²) in [5.74, 6) is 0.553. The lowest BCUT2D eigenvalue weighted by Gasteiger charge is -2.22. The number of phenolic OH excluding ortho intramolecular Hbond substituents is 1. The molecule has 100 valence electrons. The quantitative estimate of drug-likeness (QED) is 0.657. The summed E-state index contributed by atoms with van der Waals surface area (Å²) in [6, 6.07) is 3.41. The number of aromatic hydroxyl groups is 1. The third kappa shape index (κ3) is 3.49. The fraction of sp³-hybridized carbons (Fsp3) is 0.533. The van der Waals surface area contributed by atoms with Crippen LogP contribution in [0, 0.1) is 6.92 Å². The molecule has 1 rings (SSSR count). The Bertz CT molecular complexity index is 442. The minimum atomic E-state index is -0.230. The summed E-state index contributed by atoms with van der Waals surface area (Å²) < 4.78 is 5.33. The Labute approximate surface area is 109 Å². The van der Waals surface area contributed by atoms with E-state index in [2.05, 4.69) is 0 Å². The van der Waals surface area contributed by atoms with E-state index in [-0.39, 0.29) is 17.1 Å². The molecule has 0 radical (unpaired) electrons. The van der Waals surface area contributed by atoms with Gasteiger partial charge in [0.1, 0.15) is 11.5 Å². The molecule has 0 aromatic heterocycles. The van der Waals surface area contributed by atoms with Crippen molar-refractivity contribution >= 4 is 5.97 Å². The van der Waals surface area contributed by atoms with E-state index in [9.17, 15) is 9.90 Å². The van der Waals surface area contributed by atoms with Crippen LogP contribution in [0.3, 0.4) is 0 Å². The third-order valence-electron chi connectivity index (χ3n) is 2.78. The number of esters is 1. The molecule has 0 aliphatic rings. The van der Waals surface area contributed by atoms with Crippen LogP contribution in [0.15, 0.2) is 12.1 Å². The van der Waals surface area contributed by atoms with E-state index in [1.807, 2.05) is 34.6 Å². The summed E-state index contributed by atoms with van der Waals surface area (Å²) in [5.41, 5.74) is 1.36. The molecule has 0 aliphatic heterocycles. The number of hydrogen-bond donors (Lipinski definition) is 1.